The van der Waals surface area contributed by atoms with Gasteiger partial charge in [0.25, 0.3) is 0 Å². The van der Waals surface area contributed by atoms with Crippen LogP contribution < -0.4 is 4.90 Å². The Morgan fingerprint density at radius 1 is 0.375 bits per heavy atom. The van der Waals surface area contributed by atoms with Crippen LogP contribution in [0.4, 0.5) is 17.1 Å². The predicted octanol–water partition coefficient (Wildman–Crippen LogP) is 16.7. The molecule has 0 aliphatic heterocycles. The van der Waals surface area contributed by atoms with Crippen molar-refractivity contribution in [1.82, 2.24) is 4.57 Å². The number of aromatic nitrogens is 1. The van der Waals surface area contributed by atoms with E-state index in [4.69, 9.17) is 0 Å². The zero-order valence-corrected chi connectivity index (χ0v) is 35.7. The summed E-state index contributed by atoms with van der Waals surface area (Å²) in [5.74, 6) is 0. The van der Waals surface area contributed by atoms with Crippen LogP contribution in [0, 0.1) is 0 Å². The topological polar surface area (TPSA) is 8.17 Å². The molecule has 0 amide bonds. The van der Waals surface area contributed by atoms with E-state index >= 15 is 0 Å². The van der Waals surface area contributed by atoms with Gasteiger partial charge in [0.1, 0.15) is 0 Å². The Balaban J connectivity index is 1.04. The summed E-state index contributed by atoms with van der Waals surface area (Å²) in [4.78, 5) is 2.48. The van der Waals surface area contributed by atoms with Crippen LogP contribution in [0.3, 0.4) is 0 Å². The standard InChI is InChI=1S/C61H40N2S/c1-3-17-43(18-4-1)61(44-19-5-2-6-20-44)53-27-11-7-26-52(53)60-54(61)28-16-31-57(60)62(45-36-33-41(34-37-45)42-35-38-51-50-25-10-14-32-58(50)64-59(51)39-42)46-21-15-22-47(40-46)63-55-29-12-8-23-48(55)49-24-9-13-30-56(49)63/h1-40H. The van der Waals surface area contributed by atoms with Gasteiger partial charge < -0.3 is 9.47 Å². The summed E-state index contributed by atoms with van der Waals surface area (Å²) < 4.78 is 5.05. The first-order valence-corrected chi connectivity index (χ1v) is 22.8. The molecule has 2 nitrogen and oxygen atoms in total. The highest BCUT2D eigenvalue weighted by Crippen LogP contribution is 2.59. The van der Waals surface area contributed by atoms with Gasteiger partial charge >= 0.3 is 0 Å². The lowest BCUT2D eigenvalue weighted by Gasteiger charge is -2.34. The molecule has 64 heavy (non-hydrogen) atoms. The van der Waals surface area contributed by atoms with E-state index in [0.29, 0.717) is 0 Å². The van der Waals surface area contributed by atoms with Gasteiger partial charge in [0.2, 0.25) is 0 Å². The van der Waals surface area contributed by atoms with Crippen molar-refractivity contribution < 1.29 is 0 Å². The molecule has 0 fully saturated rings. The molecule has 300 valence electrons. The van der Waals surface area contributed by atoms with E-state index in [2.05, 4.69) is 252 Å². The maximum Gasteiger partial charge on any atom is 0.0714 e. The minimum Gasteiger partial charge on any atom is -0.310 e. The average molecular weight is 833 g/mol. The van der Waals surface area contributed by atoms with Crippen LogP contribution in [0.2, 0.25) is 0 Å². The van der Waals surface area contributed by atoms with Crippen LogP contribution in [0.15, 0.2) is 243 Å². The molecule has 0 saturated heterocycles. The SMILES string of the molecule is c1ccc(C2(c3ccccc3)c3ccccc3-c3c(N(c4ccc(-c5ccc6c(c5)sc5ccccc56)cc4)c4cccc(-n5c6ccccc6c6ccccc65)c4)cccc32)cc1. The fourth-order valence-corrected chi connectivity index (χ4v) is 11.9. The smallest absolute Gasteiger partial charge is 0.0714 e. The highest BCUT2D eigenvalue weighted by molar-refractivity contribution is 7.25. The molecule has 2 heterocycles. The minimum atomic E-state index is -0.518. The summed E-state index contributed by atoms with van der Waals surface area (Å²) >= 11 is 1.87. The highest BCUT2D eigenvalue weighted by atomic mass is 32.1. The lowest BCUT2D eigenvalue weighted by Crippen LogP contribution is -2.28. The van der Waals surface area contributed by atoms with E-state index < -0.39 is 5.41 Å². The van der Waals surface area contributed by atoms with Gasteiger partial charge in [-0.15, -0.1) is 11.3 Å². The number of hydrogen-bond donors (Lipinski definition) is 0. The Hall–Kier alpha value is -7.98. The minimum absolute atomic E-state index is 0.518. The second-order valence-electron chi connectivity index (χ2n) is 16.8. The van der Waals surface area contributed by atoms with E-state index in [9.17, 15) is 0 Å². The highest BCUT2D eigenvalue weighted by Gasteiger charge is 2.47. The Morgan fingerprint density at radius 2 is 0.953 bits per heavy atom. The molecule has 0 atom stereocenters. The largest absolute Gasteiger partial charge is 0.310 e. The third-order valence-corrected chi connectivity index (χ3v) is 14.6. The predicted molar refractivity (Wildman–Crippen MR) is 271 cm³/mol. The van der Waals surface area contributed by atoms with Crippen molar-refractivity contribution in [3.05, 3.63) is 265 Å². The summed E-state index contributed by atoms with van der Waals surface area (Å²) in [5, 5.41) is 5.14. The first kappa shape index (κ1) is 36.7. The van der Waals surface area contributed by atoms with Gasteiger partial charge in [0.05, 0.1) is 22.1 Å². The fourth-order valence-electron chi connectivity index (χ4n) is 10.8. The second-order valence-corrected chi connectivity index (χ2v) is 17.9. The average Bonchev–Trinajstić information content (AvgIpc) is 4.01. The molecular weight excluding hydrogens is 793 g/mol. The lowest BCUT2D eigenvalue weighted by atomic mass is 9.68. The number of nitrogens with zero attached hydrogens (tertiary/aromatic N) is 2. The first-order chi connectivity index (χ1) is 31.8. The number of anilines is 3. The zero-order chi connectivity index (χ0) is 42.2. The molecule has 0 unspecified atom stereocenters. The van der Waals surface area contributed by atoms with Gasteiger partial charge in [-0.3, -0.25) is 0 Å². The van der Waals surface area contributed by atoms with E-state index in [-0.39, 0.29) is 0 Å². The fraction of sp³-hybridized carbons (Fsp3) is 0.0164. The number of para-hydroxylation sites is 2. The second kappa shape index (κ2) is 14.6. The molecule has 0 bridgehead atoms. The lowest BCUT2D eigenvalue weighted by molar-refractivity contribution is 0.768. The Labute approximate surface area is 376 Å². The van der Waals surface area contributed by atoms with Crippen molar-refractivity contribution in [2.75, 3.05) is 4.90 Å². The molecule has 0 N–H and O–H groups in total. The van der Waals surface area contributed by atoms with E-state index in [1.165, 1.54) is 86.5 Å². The van der Waals surface area contributed by atoms with Gasteiger partial charge in [-0.2, -0.15) is 0 Å². The van der Waals surface area contributed by atoms with Crippen molar-refractivity contribution in [2.45, 2.75) is 5.41 Å². The Bertz CT molecular complexity index is 3640. The van der Waals surface area contributed by atoms with Crippen LogP contribution >= 0.6 is 11.3 Å². The van der Waals surface area contributed by atoms with Gasteiger partial charge in [-0.1, -0.05) is 182 Å². The molecule has 1 aliphatic rings. The maximum absolute atomic E-state index is 2.48. The number of fused-ring (bicyclic) bond motifs is 9. The van der Waals surface area contributed by atoms with E-state index in [0.717, 1.165) is 22.7 Å². The van der Waals surface area contributed by atoms with Crippen molar-refractivity contribution >= 4 is 70.4 Å². The van der Waals surface area contributed by atoms with E-state index in [1.807, 2.05) is 11.3 Å². The molecule has 3 heteroatoms. The third kappa shape index (κ3) is 5.44. The molecule has 10 aromatic carbocycles. The summed E-state index contributed by atoms with van der Waals surface area (Å²) in [6.45, 7) is 0. The zero-order valence-electron chi connectivity index (χ0n) is 34.9. The molecule has 2 aromatic heterocycles. The molecule has 13 rings (SSSR count). The monoisotopic (exact) mass is 832 g/mol. The molecular formula is C61H40N2S. The van der Waals surface area contributed by atoms with Crippen molar-refractivity contribution in [2.24, 2.45) is 0 Å². The van der Waals surface area contributed by atoms with Crippen molar-refractivity contribution in [3.63, 3.8) is 0 Å². The number of hydrogen-bond acceptors (Lipinski definition) is 2. The van der Waals surface area contributed by atoms with Crippen LogP contribution in [0.25, 0.3) is 69.9 Å². The van der Waals surface area contributed by atoms with Gasteiger partial charge in [-0.05, 0) is 99.6 Å². The normalized spacial score (nSPS) is 12.8. The Kier molecular flexibility index (Phi) is 8.34. The number of rotatable bonds is 7. The van der Waals surface area contributed by atoms with Gasteiger partial charge in [0.15, 0.2) is 0 Å². The quantitative estimate of drug-likeness (QED) is 0.155. The summed E-state index contributed by atoms with van der Waals surface area (Å²) in [6, 6.07) is 89.6. The summed E-state index contributed by atoms with van der Waals surface area (Å²) in [5.41, 5.74) is 16.3. The molecule has 1 aliphatic carbocycles. The van der Waals surface area contributed by atoms with Crippen LogP contribution in [-0.2, 0) is 5.41 Å². The van der Waals surface area contributed by atoms with Crippen molar-refractivity contribution in [3.8, 4) is 27.9 Å². The summed E-state index contributed by atoms with van der Waals surface area (Å²) in [6.07, 6.45) is 0. The summed E-state index contributed by atoms with van der Waals surface area (Å²) in [7, 11) is 0. The Morgan fingerprint density at radius 3 is 1.69 bits per heavy atom. The van der Waals surface area contributed by atoms with Crippen LogP contribution in [0.5, 0.6) is 0 Å². The van der Waals surface area contributed by atoms with Crippen molar-refractivity contribution in [1.29, 1.82) is 0 Å². The number of benzene rings is 10. The maximum atomic E-state index is 2.48. The number of thiophene rings is 1. The molecule has 0 spiro atoms. The van der Waals surface area contributed by atoms with Gasteiger partial charge in [-0.25, -0.2) is 0 Å². The molecule has 0 radical (unpaired) electrons. The van der Waals surface area contributed by atoms with Crippen LogP contribution in [-0.4, -0.2) is 4.57 Å². The van der Waals surface area contributed by atoms with Gasteiger partial charge in [0, 0.05) is 53.6 Å². The van der Waals surface area contributed by atoms with Crippen LogP contribution in [0.1, 0.15) is 22.3 Å². The third-order valence-electron chi connectivity index (χ3n) is 13.5. The van der Waals surface area contributed by atoms with E-state index in [1.54, 1.807) is 0 Å². The molecule has 0 saturated carbocycles. The first-order valence-electron chi connectivity index (χ1n) is 22.0. The molecule has 12 aromatic rings.